The summed E-state index contributed by atoms with van der Waals surface area (Å²) in [6.07, 6.45) is 4.71. The third kappa shape index (κ3) is 7.16. The Hall–Kier alpha value is -4.60. The molecule has 0 aliphatic heterocycles. The normalized spacial score (nSPS) is 14.0. The highest BCUT2D eigenvalue weighted by Crippen LogP contribution is 2.33. The van der Waals surface area contributed by atoms with E-state index in [9.17, 15) is 26.4 Å². The summed E-state index contributed by atoms with van der Waals surface area (Å²) < 4.78 is 57.3. The summed E-state index contributed by atoms with van der Waals surface area (Å²) in [4.78, 5) is 28.7. The van der Waals surface area contributed by atoms with Gasteiger partial charge in [0.05, 0.1) is 5.69 Å². The van der Waals surface area contributed by atoms with Gasteiger partial charge in [0.25, 0.3) is 21.8 Å². The molecule has 6 aromatic rings. The minimum atomic E-state index is -4.12. The molecule has 7 rings (SSSR count). The smallest absolute Gasteiger partial charge is 0.266 e. The minimum Gasteiger partial charge on any atom is -0.364 e. The number of sulfonamides is 2. The maximum atomic E-state index is 13.2. The van der Waals surface area contributed by atoms with Crippen LogP contribution < -0.4 is 20.9 Å². The van der Waals surface area contributed by atoms with Crippen LogP contribution in [-0.4, -0.2) is 44.7 Å². The molecule has 0 unspecified atom stereocenters. The van der Waals surface area contributed by atoms with Crippen molar-refractivity contribution in [1.82, 2.24) is 14.7 Å². The molecule has 260 valence electrons. The number of aromatic nitrogens is 2. The molecule has 16 heteroatoms. The van der Waals surface area contributed by atoms with Gasteiger partial charge in [-0.05, 0) is 60.7 Å². The number of nitrogens with one attached hydrogen (secondary N) is 4. The third-order valence-electron chi connectivity index (χ3n) is 8.42. The van der Waals surface area contributed by atoms with Crippen molar-refractivity contribution in [3.05, 3.63) is 100 Å². The van der Waals surface area contributed by atoms with Crippen molar-refractivity contribution in [2.75, 3.05) is 4.72 Å². The minimum absolute atomic E-state index is 0.112. The standard InChI is InChI=1S/C19H14ClN3O3S.C15H18ClN3O3S/c20-12-8-9-15-14(10-12)18(17(22-15)19(21)24)27(25,26)23-16-7-3-5-11-4-1-2-6-13(11)16;16-9-6-7-12-11(8-9)14(13(18-12)15(17)20)23(21,22)19-10-4-2-1-3-5-10/h1-10,22-23H,(H2,21,24);6-8,10,18-19H,1-5H2,(H2,17,20). The Labute approximate surface area is 297 Å². The second-order valence-corrected chi connectivity index (χ2v) is 16.0. The van der Waals surface area contributed by atoms with Crippen LogP contribution in [0.2, 0.25) is 10.0 Å². The van der Waals surface area contributed by atoms with Crippen LogP contribution in [0.15, 0.2) is 88.7 Å². The van der Waals surface area contributed by atoms with Crippen molar-refractivity contribution in [2.45, 2.75) is 47.9 Å². The number of hydrogen-bond donors (Lipinski definition) is 6. The van der Waals surface area contributed by atoms with E-state index in [1.807, 2.05) is 30.3 Å². The summed E-state index contributed by atoms with van der Waals surface area (Å²) in [6, 6.07) is 22.0. The van der Waals surface area contributed by atoms with Crippen LogP contribution in [-0.2, 0) is 20.0 Å². The highest BCUT2D eigenvalue weighted by atomic mass is 35.5. The number of nitrogens with two attached hydrogens (primary N) is 2. The van der Waals surface area contributed by atoms with Gasteiger partial charge in [-0.15, -0.1) is 0 Å². The van der Waals surface area contributed by atoms with E-state index in [-0.39, 0.29) is 27.2 Å². The van der Waals surface area contributed by atoms with Crippen LogP contribution in [0, 0.1) is 0 Å². The number of rotatable bonds is 8. The first-order chi connectivity index (χ1) is 23.7. The zero-order chi connectivity index (χ0) is 35.8. The van der Waals surface area contributed by atoms with Crippen LogP contribution in [0.3, 0.4) is 0 Å². The Morgan fingerprint density at radius 1 is 0.660 bits per heavy atom. The lowest BCUT2D eigenvalue weighted by Crippen LogP contribution is -2.37. The van der Waals surface area contributed by atoms with E-state index in [0.29, 0.717) is 37.5 Å². The maximum Gasteiger partial charge on any atom is 0.266 e. The lowest BCUT2D eigenvalue weighted by atomic mass is 9.96. The monoisotopic (exact) mass is 754 g/mol. The summed E-state index contributed by atoms with van der Waals surface area (Å²) in [5.41, 5.74) is 11.8. The zero-order valence-electron chi connectivity index (χ0n) is 26.3. The van der Waals surface area contributed by atoms with Gasteiger partial charge in [0.15, 0.2) is 0 Å². The molecule has 0 spiro atoms. The average Bonchev–Trinajstić information content (AvgIpc) is 3.65. The number of H-pyrrole nitrogens is 2. The topological polar surface area (TPSA) is 210 Å². The molecule has 4 aromatic carbocycles. The molecule has 1 saturated carbocycles. The molecular formula is C34H32Cl2N6O6S2. The first-order valence-corrected chi connectivity index (χ1v) is 19.2. The number of benzene rings is 4. The van der Waals surface area contributed by atoms with E-state index in [4.69, 9.17) is 34.7 Å². The van der Waals surface area contributed by atoms with Crippen LogP contribution in [0.25, 0.3) is 32.6 Å². The number of carbonyl (C=O) groups is 2. The predicted octanol–water partition coefficient (Wildman–Crippen LogP) is 6.41. The Morgan fingerprint density at radius 3 is 1.74 bits per heavy atom. The van der Waals surface area contributed by atoms with Gasteiger partial charge in [0.1, 0.15) is 21.2 Å². The molecule has 2 aromatic heterocycles. The van der Waals surface area contributed by atoms with E-state index in [1.165, 1.54) is 12.1 Å². The molecule has 8 N–H and O–H groups in total. The molecule has 12 nitrogen and oxygen atoms in total. The second-order valence-electron chi connectivity index (χ2n) is 11.9. The van der Waals surface area contributed by atoms with Crippen LogP contribution in [0.1, 0.15) is 53.1 Å². The summed E-state index contributed by atoms with van der Waals surface area (Å²) in [7, 11) is -8.00. The summed E-state index contributed by atoms with van der Waals surface area (Å²) in [6.45, 7) is 0. The lowest BCUT2D eigenvalue weighted by Gasteiger charge is -2.22. The van der Waals surface area contributed by atoms with Gasteiger partial charge in [-0.2, -0.15) is 0 Å². The summed E-state index contributed by atoms with van der Waals surface area (Å²) >= 11 is 12.0. The Morgan fingerprint density at radius 2 is 1.18 bits per heavy atom. The van der Waals surface area contributed by atoms with Crippen molar-refractivity contribution < 1.29 is 26.4 Å². The quantitative estimate of drug-likeness (QED) is 0.103. The number of hydrogen-bond acceptors (Lipinski definition) is 6. The average molecular weight is 756 g/mol. The fourth-order valence-corrected chi connectivity index (χ4v) is 9.66. The largest absolute Gasteiger partial charge is 0.364 e. The fourth-order valence-electron chi connectivity index (χ4n) is 6.19. The Kier molecular flexibility index (Phi) is 9.84. The molecule has 1 aliphatic carbocycles. The van der Waals surface area contributed by atoms with E-state index in [1.54, 1.807) is 36.4 Å². The number of carbonyl (C=O) groups excluding carboxylic acids is 2. The van der Waals surface area contributed by atoms with Gasteiger partial charge in [-0.1, -0.05) is 78.9 Å². The zero-order valence-corrected chi connectivity index (χ0v) is 29.4. The summed E-state index contributed by atoms with van der Waals surface area (Å²) in [5.74, 6) is -1.69. The van der Waals surface area contributed by atoms with Gasteiger partial charge in [-0.25, -0.2) is 21.6 Å². The predicted molar refractivity (Wildman–Crippen MR) is 196 cm³/mol. The van der Waals surface area contributed by atoms with Crippen LogP contribution >= 0.6 is 23.2 Å². The molecule has 50 heavy (non-hydrogen) atoms. The van der Waals surface area contributed by atoms with Gasteiger partial charge >= 0.3 is 0 Å². The van der Waals surface area contributed by atoms with Crippen molar-refractivity contribution in [1.29, 1.82) is 0 Å². The van der Waals surface area contributed by atoms with E-state index < -0.39 is 31.9 Å². The number of fused-ring (bicyclic) bond motifs is 3. The molecule has 0 atom stereocenters. The van der Waals surface area contributed by atoms with Crippen molar-refractivity contribution in [3.8, 4) is 0 Å². The number of anilines is 1. The van der Waals surface area contributed by atoms with E-state index >= 15 is 0 Å². The molecule has 0 saturated heterocycles. The fraction of sp³-hybridized carbons (Fsp3) is 0.176. The highest BCUT2D eigenvalue weighted by Gasteiger charge is 2.30. The van der Waals surface area contributed by atoms with Crippen molar-refractivity contribution in [2.24, 2.45) is 11.5 Å². The molecule has 2 amide bonds. The summed E-state index contributed by atoms with van der Waals surface area (Å²) in [5, 5.41) is 3.02. The van der Waals surface area contributed by atoms with Gasteiger partial charge in [-0.3, -0.25) is 14.3 Å². The Balaban J connectivity index is 0.000000175. The maximum absolute atomic E-state index is 13.2. The first kappa shape index (κ1) is 35.2. The molecule has 2 heterocycles. The molecule has 0 bridgehead atoms. The number of amides is 2. The van der Waals surface area contributed by atoms with Gasteiger partial charge in [0.2, 0.25) is 10.0 Å². The van der Waals surface area contributed by atoms with E-state index in [0.717, 1.165) is 42.9 Å². The number of primary amides is 2. The van der Waals surface area contributed by atoms with Crippen LogP contribution in [0.4, 0.5) is 5.69 Å². The molecule has 0 radical (unpaired) electrons. The SMILES string of the molecule is NC(=O)c1[nH]c2ccc(Cl)cc2c1S(=O)(=O)NC1CCCCC1.NC(=O)c1[nH]c2ccc(Cl)cc2c1S(=O)(=O)Nc1cccc2ccccc12. The van der Waals surface area contributed by atoms with Crippen molar-refractivity contribution in [3.63, 3.8) is 0 Å². The van der Waals surface area contributed by atoms with Crippen molar-refractivity contribution >= 4 is 93.3 Å². The van der Waals surface area contributed by atoms with Gasteiger partial charge < -0.3 is 21.4 Å². The second kappa shape index (κ2) is 14.0. The molecule has 1 fully saturated rings. The highest BCUT2D eigenvalue weighted by molar-refractivity contribution is 7.93. The molecular weight excluding hydrogens is 723 g/mol. The van der Waals surface area contributed by atoms with Gasteiger partial charge in [0, 0.05) is 43.3 Å². The third-order valence-corrected chi connectivity index (χ3v) is 11.9. The number of halogens is 2. The number of aromatic amines is 2. The Bertz CT molecular complexity index is 2500. The lowest BCUT2D eigenvalue weighted by molar-refractivity contribution is 0.0985. The first-order valence-electron chi connectivity index (χ1n) is 15.5. The molecule has 1 aliphatic rings. The van der Waals surface area contributed by atoms with E-state index in [2.05, 4.69) is 19.4 Å². The van der Waals surface area contributed by atoms with Crippen LogP contribution in [0.5, 0.6) is 0 Å².